The molecule has 2 rings (SSSR count). The number of aromatic nitrogens is 3. The van der Waals surface area contributed by atoms with E-state index in [1.807, 2.05) is 39.0 Å². The number of nitrogens with two attached hydrogens (primary N) is 1. The first-order valence-corrected chi connectivity index (χ1v) is 7.22. The second kappa shape index (κ2) is 8.80. The average Bonchev–Trinajstić information content (AvgIpc) is 2.95. The summed E-state index contributed by atoms with van der Waals surface area (Å²) in [4.78, 5) is 12.7. The van der Waals surface area contributed by atoms with E-state index in [4.69, 9.17) is 10.3 Å². The molecule has 2 aromatic heterocycles. The summed E-state index contributed by atoms with van der Waals surface area (Å²) in [6.45, 7) is 7.01. The van der Waals surface area contributed by atoms with E-state index in [0.29, 0.717) is 30.8 Å². The highest BCUT2D eigenvalue weighted by Crippen LogP contribution is 2.19. The molecule has 0 saturated carbocycles. The van der Waals surface area contributed by atoms with Gasteiger partial charge >= 0.3 is 0 Å². The maximum absolute atomic E-state index is 5.81. The summed E-state index contributed by atoms with van der Waals surface area (Å²) in [6, 6.07) is 5.83. The Kier molecular flexibility index (Phi) is 7.40. The number of halogens is 1. The summed E-state index contributed by atoms with van der Waals surface area (Å²) in [5.41, 5.74) is 6.66. The Morgan fingerprint density at radius 3 is 2.74 bits per heavy atom. The third kappa shape index (κ3) is 6.51. The quantitative estimate of drug-likeness (QED) is 0.428. The maximum atomic E-state index is 5.81. The number of nitrogens with zero attached hydrogens (tertiary/aromatic N) is 4. The fourth-order valence-electron chi connectivity index (χ4n) is 1.70. The van der Waals surface area contributed by atoms with Crippen LogP contribution in [-0.2, 0) is 18.4 Å². The number of rotatable bonds is 5. The molecule has 0 aliphatic carbocycles. The molecule has 0 amide bonds. The van der Waals surface area contributed by atoms with Crippen molar-refractivity contribution in [2.45, 2.75) is 39.2 Å². The fourth-order valence-corrected chi connectivity index (χ4v) is 1.70. The summed E-state index contributed by atoms with van der Waals surface area (Å²) in [6.07, 6.45) is 2.56. The van der Waals surface area contributed by atoms with Gasteiger partial charge in [0.15, 0.2) is 11.8 Å². The minimum atomic E-state index is -0.165. The van der Waals surface area contributed by atoms with Crippen LogP contribution in [0.5, 0.6) is 0 Å². The number of nitrogens with one attached hydrogen (secondary N) is 1. The van der Waals surface area contributed by atoms with Gasteiger partial charge in [0, 0.05) is 30.3 Å². The largest absolute Gasteiger partial charge is 0.370 e. The molecule has 0 aromatic carbocycles. The summed E-state index contributed by atoms with van der Waals surface area (Å²) in [5, 5.41) is 6.94. The van der Waals surface area contributed by atoms with Crippen LogP contribution < -0.4 is 11.1 Å². The Balaban J connectivity index is 0.00000264. The second-order valence-electron chi connectivity index (χ2n) is 5.97. The van der Waals surface area contributed by atoms with E-state index in [9.17, 15) is 0 Å². The van der Waals surface area contributed by atoms with Crippen LogP contribution in [0.2, 0.25) is 0 Å². The van der Waals surface area contributed by atoms with Gasteiger partial charge in [0.05, 0.1) is 0 Å². The van der Waals surface area contributed by atoms with E-state index in [1.165, 1.54) is 0 Å². The van der Waals surface area contributed by atoms with Crippen LogP contribution in [0.15, 0.2) is 33.9 Å². The van der Waals surface area contributed by atoms with Crippen molar-refractivity contribution in [3.8, 4) is 0 Å². The van der Waals surface area contributed by atoms with Crippen molar-refractivity contribution in [1.82, 2.24) is 20.4 Å². The van der Waals surface area contributed by atoms with E-state index in [0.717, 1.165) is 12.1 Å². The summed E-state index contributed by atoms with van der Waals surface area (Å²) < 4.78 is 5.20. The Bertz CT molecular complexity index is 620. The van der Waals surface area contributed by atoms with Gasteiger partial charge in [0.25, 0.3) is 0 Å². The molecule has 0 atom stereocenters. The first-order chi connectivity index (χ1) is 10.4. The zero-order chi connectivity index (χ0) is 16.0. The summed E-state index contributed by atoms with van der Waals surface area (Å²) >= 11 is 0. The third-order valence-corrected chi connectivity index (χ3v) is 2.91. The molecule has 2 heterocycles. The van der Waals surface area contributed by atoms with Crippen molar-refractivity contribution in [3.63, 3.8) is 0 Å². The molecule has 23 heavy (non-hydrogen) atoms. The van der Waals surface area contributed by atoms with Gasteiger partial charge < -0.3 is 15.6 Å². The van der Waals surface area contributed by atoms with E-state index < -0.39 is 0 Å². The predicted octanol–water partition coefficient (Wildman–Crippen LogP) is 2.03. The average molecular weight is 430 g/mol. The molecule has 7 nitrogen and oxygen atoms in total. The monoisotopic (exact) mass is 430 g/mol. The third-order valence-electron chi connectivity index (χ3n) is 2.91. The lowest BCUT2D eigenvalue weighted by Gasteiger charge is -2.10. The Morgan fingerprint density at radius 1 is 1.35 bits per heavy atom. The van der Waals surface area contributed by atoms with Crippen molar-refractivity contribution >= 4 is 29.9 Å². The molecule has 0 aliphatic heterocycles. The first-order valence-electron chi connectivity index (χ1n) is 7.22. The normalized spacial score (nSPS) is 11.9. The SMILES string of the molecule is CC(C)(C)c1nc(CN=C(N)NCCc2ccccn2)no1.I. The molecule has 0 fully saturated rings. The van der Waals surface area contributed by atoms with Crippen LogP contribution in [0.25, 0.3) is 0 Å². The van der Waals surface area contributed by atoms with E-state index in [1.54, 1.807) is 6.20 Å². The van der Waals surface area contributed by atoms with Crippen molar-refractivity contribution in [3.05, 3.63) is 41.8 Å². The Morgan fingerprint density at radius 2 is 2.13 bits per heavy atom. The van der Waals surface area contributed by atoms with Gasteiger partial charge in [-0.15, -0.1) is 24.0 Å². The van der Waals surface area contributed by atoms with Gasteiger partial charge in [-0.2, -0.15) is 4.98 Å². The highest BCUT2D eigenvalue weighted by Gasteiger charge is 2.21. The van der Waals surface area contributed by atoms with Gasteiger partial charge in [0.2, 0.25) is 5.89 Å². The van der Waals surface area contributed by atoms with Crippen molar-refractivity contribution in [1.29, 1.82) is 0 Å². The molecule has 126 valence electrons. The molecule has 0 unspecified atom stereocenters. The van der Waals surface area contributed by atoms with E-state index in [-0.39, 0.29) is 29.4 Å². The zero-order valence-corrected chi connectivity index (χ0v) is 15.9. The summed E-state index contributed by atoms with van der Waals surface area (Å²) in [5.74, 6) is 1.48. The Hall–Kier alpha value is -1.71. The number of hydrogen-bond donors (Lipinski definition) is 2. The first kappa shape index (κ1) is 19.3. The number of guanidine groups is 1. The molecule has 0 saturated heterocycles. The van der Waals surface area contributed by atoms with Crippen LogP contribution in [0.4, 0.5) is 0 Å². The lowest BCUT2D eigenvalue weighted by atomic mass is 9.97. The lowest BCUT2D eigenvalue weighted by Crippen LogP contribution is -2.33. The van der Waals surface area contributed by atoms with E-state index >= 15 is 0 Å². The molecule has 0 radical (unpaired) electrons. The molecular formula is C15H23IN6O. The molecule has 8 heteroatoms. The van der Waals surface area contributed by atoms with Gasteiger partial charge in [-0.25, -0.2) is 4.99 Å². The molecule has 0 bridgehead atoms. The topological polar surface area (TPSA) is 102 Å². The molecule has 0 aliphatic rings. The van der Waals surface area contributed by atoms with Gasteiger partial charge in [-0.3, -0.25) is 4.98 Å². The van der Waals surface area contributed by atoms with Crippen LogP contribution in [-0.4, -0.2) is 27.6 Å². The van der Waals surface area contributed by atoms with Crippen LogP contribution in [0.1, 0.15) is 38.2 Å². The lowest BCUT2D eigenvalue weighted by molar-refractivity contribution is 0.318. The predicted molar refractivity (Wildman–Crippen MR) is 99.7 cm³/mol. The number of hydrogen-bond acceptors (Lipinski definition) is 5. The highest BCUT2D eigenvalue weighted by molar-refractivity contribution is 14.0. The van der Waals surface area contributed by atoms with Crippen molar-refractivity contribution in [2.24, 2.45) is 10.7 Å². The van der Waals surface area contributed by atoms with E-state index in [2.05, 4.69) is 25.4 Å². The molecule has 3 N–H and O–H groups in total. The van der Waals surface area contributed by atoms with Crippen LogP contribution >= 0.6 is 24.0 Å². The minimum absolute atomic E-state index is 0. The second-order valence-corrected chi connectivity index (χ2v) is 5.97. The molecular weight excluding hydrogens is 407 g/mol. The molecule has 2 aromatic rings. The number of aliphatic imine (C=N–C) groups is 1. The summed E-state index contributed by atoms with van der Waals surface area (Å²) in [7, 11) is 0. The standard InChI is InChI=1S/C15H22N6O.HI/c1-15(2,3)13-20-12(21-22-13)10-19-14(16)18-9-7-11-6-4-5-8-17-11;/h4-6,8H,7,9-10H2,1-3H3,(H3,16,18,19);1H. The maximum Gasteiger partial charge on any atom is 0.232 e. The van der Waals surface area contributed by atoms with Crippen molar-refractivity contribution < 1.29 is 4.52 Å². The van der Waals surface area contributed by atoms with Crippen LogP contribution in [0, 0.1) is 0 Å². The molecule has 0 spiro atoms. The van der Waals surface area contributed by atoms with Gasteiger partial charge in [-0.05, 0) is 12.1 Å². The minimum Gasteiger partial charge on any atom is -0.370 e. The smallest absolute Gasteiger partial charge is 0.232 e. The van der Waals surface area contributed by atoms with Crippen LogP contribution in [0.3, 0.4) is 0 Å². The fraction of sp³-hybridized carbons (Fsp3) is 0.467. The zero-order valence-electron chi connectivity index (χ0n) is 13.6. The number of pyridine rings is 1. The van der Waals surface area contributed by atoms with Gasteiger partial charge in [-0.1, -0.05) is 32.0 Å². The van der Waals surface area contributed by atoms with Gasteiger partial charge in [0.1, 0.15) is 6.54 Å². The highest BCUT2D eigenvalue weighted by atomic mass is 127. The van der Waals surface area contributed by atoms with Crippen molar-refractivity contribution in [2.75, 3.05) is 6.54 Å². The Labute approximate surface area is 153 Å².